The van der Waals surface area contributed by atoms with Crippen molar-refractivity contribution in [1.29, 1.82) is 0 Å². The molecule has 1 fully saturated rings. The predicted octanol–water partition coefficient (Wildman–Crippen LogP) is 0.110. The highest BCUT2D eigenvalue weighted by Crippen LogP contribution is 2.19. The van der Waals surface area contributed by atoms with Gasteiger partial charge in [0.1, 0.15) is 0 Å². The van der Waals surface area contributed by atoms with Crippen LogP contribution in [-0.2, 0) is 14.8 Å². The van der Waals surface area contributed by atoms with Crippen LogP contribution in [0.4, 0.5) is 5.69 Å². The van der Waals surface area contributed by atoms with Crippen LogP contribution < -0.4 is 15.8 Å². The number of benzene rings is 1. The maximum atomic E-state index is 12.2. The van der Waals surface area contributed by atoms with E-state index in [1.54, 1.807) is 17.0 Å². The molecule has 2 rings (SSSR count). The van der Waals surface area contributed by atoms with Gasteiger partial charge in [0.2, 0.25) is 15.9 Å². The molecule has 1 aromatic rings. The monoisotopic (exact) mass is 340 g/mol. The Kier molecular flexibility index (Phi) is 5.61. The van der Waals surface area contributed by atoms with Gasteiger partial charge in [0, 0.05) is 31.9 Å². The quantitative estimate of drug-likeness (QED) is 0.790. The molecule has 1 aliphatic rings. The summed E-state index contributed by atoms with van der Waals surface area (Å²) >= 11 is 0. The maximum Gasteiger partial charge on any atom is 0.239 e. The van der Waals surface area contributed by atoms with E-state index in [4.69, 9.17) is 10.9 Å². The number of amides is 1. The number of piperazine rings is 1. The van der Waals surface area contributed by atoms with E-state index < -0.39 is 16.1 Å². The third kappa shape index (κ3) is 4.43. The fourth-order valence-electron chi connectivity index (χ4n) is 2.70. The Bertz CT molecular complexity index is 637. The fraction of sp³-hybridized carbons (Fsp3) is 0.533. The number of anilines is 1. The van der Waals surface area contributed by atoms with Gasteiger partial charge in [-0.3, -0.25) is 4.79 Å². The molecule has 0 saturated carbocycles. The smallest absolute Gasteiger partial charge is 0.239 e. The molecule has 1 aromatic carbocycles. The molecular weight excluding hydrogens is 316 g/mol. The van der Waals surface area contributed by atoms with Crippen molar-refractivity contribution in [2.24, 2.45) is 10.9 Å². The number of rotatable bonds is 5. The third-order valence-corrected chi connectivity index (χ3v) is 4.97. The summed E-state index contributed by atoms with van der Waals surface area (Å²) in [4.78, 5) is 16.2. The molecule has 23 heavy (non-hydrogen) atoms. The number of primary sulfonamides is 1. The van der Waals surface area contributed by atoms with Crippen LogP contribution in [0, 0.1) is 0 Å². The first kappa shape index (κ1) is 17.7. The average Bonchev–Trinajstić information content (AvgIpc) is 2.54. The predicted molar refractivity (Wildman–Crippen MR) is 89.5 cm³/mol. The van der Waals surface area contributed by atoms with Crippen LogP contribution >= 0.6 is 0 Å². The summed E-state index contributed by atoms with van der Waals surface area (Å²) < 4.78 is 22.5. The van der Waals surface area contributed by atoms with E-state index in [0.717, 1.165) is 12.1 Å². The van der Waals surface area contributed by atoms with E-state index >= 15 is 0 Å². The lowest BCUT2D eigenvalue weighted by atomic mass is 10.1. The largest absolute Gasteiger partial charge is 0.368 e. The molecule has 1 atom stereocenters. The second-order valence-electron chi connectivity index (χ2n) is 5.75. The topological polar surface area (TPSA) is 110 Å². The Morgan fingerprint density at radius 3 is 2.22 bits per heavy atom. The molecular formula is C15H24N4O3S. The summed E-state index contributed by atoms with van der Waals surface area (Å²) in [7, 11) is -3.67. The minimum atomic E-state index is -3.67. The van der Waals surface area contributed by atoms with Crippen molar-refractivity contribution in [1.82, 2.24) is 4.90 Å². The van der Waals surface area contributed by atoms with Gasteiger partial charge in [0.15, 0.2) is 0 Å². The van der Waals surface area contributed by atoms with Crippen molar-refractivity contribution in [3.05, 3.63) is 24.3 Å². The summed E-state index contributed by atoms with van der Waals surface area (Å²) in [6.07, 6.45) is 1.59. The Morgan fingerprint density at radius 1 is 1.17 bits per heavy atom. The molecule has 1 unspecified atom stereocenters. The van der Waals surface area contributed by atoms with Gasteiger partial charge in [0.05, 0.1) is 10.9 Å². The van der Waals surface area contributed by atoms with Crippen molar-refractivity contribution < 1.29 is 13.2 Å². The van der Waals surface area contributed by atoms with E-state index in [-0.39, 0.29) is 10.8 Å². The Morgan fingerprint density at radius 2 is 1.74 bits per heavy atom. The molecule has 0 bridgehead atoms. The summed E-state index contributed by atoms with van der Waals surface area (Å²) in [6, 6.07) is 6.05. The van der Waals surface area contributed by atoms with Crippen LogP contribution in [0.1, 0.15) is 19.8 Å². The first-order valence-corrected chi connectivity index (χ1v) is 9.29. The minimum absolute atomic E-state index is 0.0103. The van der Waals surface area contributed by atoms with Crippen molar-refractivity contribution >= 4 is 21.6 Å². The minimum Gasteiger partial charge on any atom is -0.368 e. The zero-order valence-electron chi connectivity index (χ0n) is 13.3. The molecule has 0 aliphatic carbocycles. The van der Waals surface area contributed by atoms with Crippen LogP contribution in [-0.4, -0.2) is 51.4 Å². The summed E-state index contributed by atoms with van der Waals surface area (Å²) in [5.74, 6) is 0.0103. The number of hydrogen-bond donors (Lipinski definition) is 2. The Labute approximate surface area is 137 Å². The van der Waals surface area contributed by atoms with E-state index in [2.05, 4.69) is 4.90 Å². The van der Waals surface area contributed by atoms with Gasteiger partial charge in [-0.05, 0) is 30.7 Å². The SMILES string of the molecule is CCCC(N)C(=O)N1CCN(c2ccc(S(N)(=O)=O)cc2)CC1. The average molecular weight is 340 g/mol. The first-order valence-electron chi connectivity index (χ1n) is 7.75. The fourth-order valence-corrected chi connectivity index (χ4v) is 3.22. The highest BCUT2D eigenvalue weighted by molar-refractivity contribution is 7.89. The highest BCUT2D eigenvalue weighted by Gasteiger charge is 2.25. The number of hydrogen-bond acceptors (Lipinski definition) is 5. The van der Waals surface area contributed by atoms with Crippen LogP contribution in [0.15, 0.2) is 29.2 Å². The van der Waals surface area contributed by atoms with E-state index in [0.29, 0.717) is 32.6 Å². The van der Waals surface area contributed by atoms with Gasteiger partial charge in [-0.1, -0.05) is 13.3 Å². The molecule has 0 radical (unpaired) electrons. The highest BCUT2D eigenvalue weighted by atomic mass is 32.2. The van der Waals surface area contributed by atoms with Crippen molar-refractivity contribution in [2.45, 2.75) is 30.7 Å². The molecule has 1 amide bonds. The second kappa shape index (κ2) is 7.29. The van der Waals surface area contributed by atoms with Crippen LogP contribution in [0.5, 0.6) is 0 Å². The molecule has 1 aliphatic heterocycles. The zero-order chi connectivity index (χ0) is 17.0. The number of carbonyl (C=O) groups is 1. The van der Waals surface area contributed by atoms with Crippen molar-refractivity contribution in [3.8, 4) is 0 Å². The molecule has 8 heteroatoms. The van der Waals surface area contributed by atoms with Crippen molar-refractivity contribution in [2.75, 3.05) is 31.1 Å². The van der Waals surface area contributed by atoms with Crippen molar-refractivity contribution in [3.63, 3.8) is 0 Å². The molecule has 7 nitrogen and oxygen atoms in total. The molecule has 128 valence electrons. The van der Waals surface area contributed by atoms with Crippen LogP contribution in [0.25, 0.3) is 0 Å². The standard InChI is InChI=1S/C15H24N4O3S/c1-2-3-14(16)15(20)19-10-8-18(9-11-19)12-4-6-13(7-5-12)23(17,21)22/h4-7,14H,2-3,8-11,16H2,1H3,(H2,17,21,22). The summed E-state index contributed by atoms with van der Waals surface area (Å²) in [5.41, 5.74) is 6.81. The Balaban J connectivity index is 1.95. The van der Waals surface area contributed by atoms with Gasteiger partial charge in [-0.2, -0.15) is 0 Å². The normalized spacial score (nSPS) is 17.2. The Hall–Kier alpha value is -1.64. The number of nitrogens with zero attached hydrogens (tertiary/aromatic N) is 2. The van der Waals surface area contributed by atoms with E-state index in [1.807, 2.05) is 6.92 Å². The summed E-state index contributed by atoms with van der Waals surface area (Å²) in [5, 5.41) is 5.09. The van der Waals surface area contributed by atoms with Gasteiger partial charge in [0.25, 0.3) is 0 Å². The lowest BCUT2D eigenvalue weighted by molar-refractivity contribution is -0.133. The van der Waals surface area contributed by atoms with E-state index in [9.17, 15) is 13.2 Å². The summed E-state index contributed by atoms with van der Waals surface area (Å²) in [6.45, 7) is 4.63. The molecule has 0 spiro atoms. The van der Waals surface area contributed by atoms with Gasteiger partial charge >= 0.3 is 0 Å². The number of sulfonamides is 1. The van der Waals surface area contributed by atoms with Crippen LogP contribution in [0.2, 0.25) is 0 Å². The van der Waals surface area contributed by atoms with E-state index in [1.165, 1.54) is 12.1 Å². The first-order chi connectivity index (χ1) is 10.8. The zero-order valence-corrected chi connectivity index (χ0v) is 14.1. The lowest BCUT2D eigenvalue weighted by Crippen LogP contribution is -2.53. The maximum absolute atomic E-state index is 12.2. The third-order valence-electron chi connectivity index (χ3n) is 4.04. The number of carbonyl (C=O) groups excluding carboxylic acids is 1. The van der Waals surface area contributed by atoms with Crippen LogP contribution in [0.3, 0.4) is 0 Å². The second-order valence-corrected chi connectivity index (χ2v) is 7.31. The molecule has 1 saturated heterocycles. The number of nitrogens with two attached hydrogens (primary N) is 2. The molecule has 4 N–H and O–H groups in total. The lowest BCUT2D eigenvalue weighted by Gasteiger charge is -2.37. The molecule has 1 heterocycles. The van der Waals surface area contributed by atoms with Gasteiger partial charge in [-0.15, -0.1) is 0 Å². The molecule has 0 aromatic heterocycles. The van der Waals surface area contributed by atoms with Gasteiger partial charge in [-0.25, -0.2) is 13.6 Å². The van der Waals surface area contributed by atoms with Gasteiger partial charge < -0.3 is 15.5 Å².